The molecule has 0 saturated carbocycles. The van der Waals surface area contributed by atoms with Crippen LogP contribution >= 0.6 is 0 Å². The Morgan fingerprint density at radius 1 is 1.27 bits per heavy atom. The van der Waals surface area contributed by atoms with Gasteiger partial charge in [-0.25, -0.2) is 0 Å². The predicted molar refractivity (Wildman–Crippen MR) is 84.3 cm³/mol. The molecule has 5 heteroatoms. The van der Waals surface area contributed by atoms with Gasteiger partial charge in [0.2, 0.25) is 11.8 Å². The average molecular weight is 304 g/mol. The number of carbonyl (C=O) groups is 2. The van der Waals surface area contributed by atoms with Gasteiger partial charge in [0.25, 0.3) is 0 Å². The molecule has 1 aliphatic rings. The minimum absolute atomic E-state index is 0.0159. The molecular formula is C17H24N2O3. The van der Waals surface area contributed by atoms with Crippen LogP contribution in [0.1, 0.15) is 24.5 Å². The van der Waals surface area contributed by atoms with Crippen molar-refractivity contribution >= 4 is 11.8 Å². The highest BCUT2D eigenvalue weighted by atomic mass is 16.5. The van der Waals surface area contributed by atoms with Crippen molar-refractivity contribution in [1.29, 1.82) is 0 Å². The largest absolute Gasteiger partial charge is 0.385 e. The van der Waals surface area contributed by atoms with Gasteiger partial charge in [-0.15, -0.1) is 0 Å². The van der Waals surface area contributed by atoms with Gasteiger partial charge in [-0.05, 0) is 24.0 Å². The normalized spacial score (nSPS) is 13.6. The van der Waals surface area contributed by atoms with E-state index in [1.807, 2.05) is 17.0 Å². The highest BCUT2D eigenvalue weighted by Gasteiger charge is 2.22. The molecule has 0 aliphatic carbocycles. The Morgan fingerprint density at radius 2 is 2.00 bits per heavy atom. The van der Waals surface area contributed by atoms with Crippen molar-refractivity contribution < 1.29 is 14.3 Å². The topological polar surface area (TPSA) is 49.9 Å². The van der Waals surface area contributed by atoms with Crippen LogP contribution in [0.4, 0.5) is 0 Å². The Morgan fingerprint density at radius 3 is 2.68 bits per heavy atom. The number of fused-ring (bicyclic) bond motifs is 1. The zero-order valence-corrected chi connectivity index (χ0v) is 13.4. The van der Waals surface area contributed by atoms with E-state index in [4.69, 9.17) is 4.74 Å². The number of methoxy groups -OCH3 is 1. The molecule has 0 atom stereocenters. The summed E-state index contributed by atoms with van der Waals surface area (Å²) in [6.45, 7) is 4.17. The molecule has 0 fully saturated rings. The van der Waals surface area contributed by atoms with E-state index in [-0.39, 0.29) is 18.4 Å². The smallest absolute Gasteiger partial charge is 0.242 e. The van der Waals surface area contributed by atoms with Crippen LogP contribution in [0.5, 0.6) is 0 Å². The number of ether oxygens (including phenoxy) is 1. The number of hydrogen-bond donors (Lipinski definition) is 0. The van der Waals surface area contributed by atoms with Crippen molar-refractivity contribution in [2.24, 2.45) is 0 Å². The summed E-state index contributed by atoms with van der Waals surface area (Å²) < 4.78 is 5.00. The number of rotatable bonds is 6. The van der Waals surface area contributed by atoms with Crippen LogP contribution < -0.4 is 0 Å². The minimum atomic E-state index is -0.0677. The summed E-state index contributed by atoms with van der Waals surface area (Å²) in [7, 11) is 1.63. The van der Waals surface area contributed by atoms with Crippen molar-refractivity contribution in [2.45, 2.75) is 26.3 Å². The Kier molecular flexibility index (Phi) is 5.95. The summed E-state index contributed by atoms with van der Waals surface area (Å²) >= 11 is 0. The SMILES string of the molecule is COCCCN(CC(=O)N1CCc2ccccc2C1)C(C)=O. The van der Waals surface area contributed by atoms with Gasteiger partial charge in [-0.2, -0.15) is 0 Å². The second-order valence-electron chi connectivity index (χ2n) is 5.62. The van der Waals surface area contributed by atoms with Crippen molar-refractivity contribution in [2.75, 3.05) is 33.4 Å². The second kappa shape index (κ2) is 7.94. The minimum Gasteiger partial charge on any atom is -0.385 e. The molecule has 0 radical (unpaired) electrons. The molecule has 1 aromatic carbocycles. The van der Waals surface area contributed by atoms with E-state index in [9.17, 15) is 9.59 Å². The Bertz CT molecular complexity index is 530. The van der Waals surface area contributed by atoms with E-state index in [1.54, 1.807) is 12.0 Å². The van der Waals surface area contributed by atoms with E-state index < -0.39 is 0 Å². The maximum absolute atomic E-state index is 12.5. The lowest BCUT2D eigenvalue weighted by atomic mass is 10.00. The van der Waals surface area contributed by atoms with E-state index in [1.165, 1.54) is 18.1 Å². The predicted octanol–water partition coefficient (Wildman–Crippen LogP) is 1.46. The maximum Gasteiger partial charge on any atom is 0.242 e. The molecule has 2 rings (SSSR count). The fraction of sp³-hybridized carbons (Fsp3) is 0.529. The molecule has 1 heterocycles. The lowest BCUT2D eigenvalue weighted by Crippen LogP contribution is -2.44. The van der Waals surface area contributed by atoms with Crippen LogP contribution in [0, 0.1) is 0 Å². The number of benzene rings is 1. The highest BCUT2D eigenvalue weighted by molar-refractivity contribution is 5.84. The molecule has 0 spiro atoms. The van der Waals surface area contributed by atoms with Crippen molar-refractivity contribution in [1.82, 2.24) is 9.80 Å². The van der Waals surface area contributed by atoms with Crippen LogP contribution in [0.2, 0.25) is 0 Å². The first-order chi connectivity index (χ1) is 10.6. The van der Waals surface area contributed by atoms with Crippen molar-refractivity contribution in [3.63, 3.8) is 0 Å². The van der Waals surface area contributed by atoms with Gasteiger partial charge in [-0.3, -0.25) is 9.59 Å². The van der Waals surface area contributed by atoms with E-state index in [0.29, 0.717) is 19.7 Å². The standard InChI is InChI=1S/C17H24N2O3/c1-14(20)18(9-5-11-22-2)13-17(21)19-10-8-15-6-3-4-7-16(15)12-19/h3-4,6-7H,5,8-13H2,1-2H3. The van der Waals surface area contributed by atoms with Crippen LogP contribution in [0.25, 0.3) is 0 Å². The van der Waals surface area contributed by atoms with Gasteiger partial charge >= 0.3 is 0 Å². The summed E-state index contributed by atoms with van der Waals surface area (Å²) in [6, 6.07) is 8.21. The van der Waals surface area contributed by atoms with Crippen molar-refractivity contribution in [3.05, 3.63) is 35.4 Å². The molecule has 0 N–H and O–H groups in total. The third kappa shape index (κ3) is 4.31. The van der Waals surface area contributed by atoms with Crippen molar-refractivity contribution in [3.8, 4) is 0 Å². The molecule has 0 saturated heterocycles. The third-order valence-corrected chi connectivity index (χ3v) is 4.03. The fourth-order valence-corrected chi connectivity index (χ4v) is 2.72. The Hall–Kier alpha value is -1.88. The number of nitrogens with zero attached hydrogens (tertiary/aromatic N) is 2. The lowest BCUT2D eigenvalue weighted by molar-refractivity contribution is -0.140. The van der Waals surface area contributed by atoms with Gasteiger partial charge < -0.3 is 14.5 Å². The first-order valence-corrected chi connectivity index (χ1v) is 7.71. The van der Waals surface area contributed by atoms with Crippen LogP contribution in [-0.4, -0.2) is 55.0 Å². The van der Waals surface area contributed by atoms with E-state index in [2.05, 4.69) is 12.1 Å². The van der Waals surface area contributed by atoms with Gasteiger partial charge in [0.1, 0.15) is 0 Å². The quantitative estimate of drug-likeness (QED) is 0.748. The molecule has 0 bridgehead atoms. The Balaban J connectivity index is 1.92. The third-order valence-electron chi connectivity index (χ3n) is 4.03. The highest BCUT2D eigenvalue weighted by Crippen LogP contribution is 2.18. The molecule has 120 valence electrons. The number of hydrogen-bond acceptors (Lipinski definition) is 3. The molecule has 0 aromatic heterocycles. The van der Waals surface area contributed by atoms with Crippen LogP contribution in [0.3, 0.4) is 0 Å². The molecule has 1 aliphatic heterocycles. The summed E-state index contributed by atoms with van der Waals surface area (Å²) in [4.78, 5) is 27.6. The monoisotopic (exact) mass is 304 g/mol. The second-order valence-corrected chi connectivity index (χ2v) is 5.62. The van der Waals surface area contributed by atoms with Gasteiger partial charge in [0.15, 0.2) is 0 Å². The van der Waals surface area contributed by atoms with E-state index >= 15 is 0 Å². The molecule has 1 aromatic rings. The van der Waals surface area contributed by atoms with Crippen LogP contribution in [-0.2, 0) is 27.3 Å². The van der Waals surface area contributed by atoms with Gasteiger partial charge in [-0.1, -0.05) is 24.3 Å². The van der Waals surface area contributed by atoms with Gasteiger partial charge in [0, 0.05) is 40.3 Å². The molecular weight excluding hydrogens is 280 g/mol. The van der Waals surface area contributed by atoms with E-state index in [0.717, 1.165) is 19.4 Å². The van der Waals surface area contributed by atoms with Gasteiger partial charge in [0.05, 0.1) is 6.54 Å². The Labute approximate surface area is 131 Å². The average Bonchev–Trinajstić information content (AvgIpc) is 2.53. The zero-order chi connectivity index (χ0) is 15.9. The fourth-order valence-electron chi connectivity index (χ4n) is 2.72. The first kappa shape index (κ1) is 16.5. The summed E-state index contributed by atoms with van der Waals surface area (Å²) in [5.41, 5.74) is 2.52. The molecule has 22 heavy (non-hydrogen) atoms. The molecule has 2 amide bonds. The molecule has 5 nitrogen and oxygen atoms in total. The lowest BCUT2D eigenvalue weighted by Gasteiger charge is -2.31. The van der Waals surface area contributed by atoms with Crippen LogP contribution in [0.15, 0.2) is 24.3 Å². The first-order valence-electron chi connectivity index (χ1n) is 7.71. The number of amides is 2. The maximum atomic E-state index is 12.5. The molecule has 0 unspecified atom stereocenters. The summed E-state index contributed by atoms with van der Waals surface area (Å²) in [6.07, 6.45) is 1.62. The number of carbonyl (C=O) groups excluding carboxylic acids is 2. The summed E-state index contributed by atoms with van der Waals surface area (Å²) in [5, 5.41) is 0. The summed E-state index contributed by atoms with van der Waals surface area (Å²) in [5.74, 6) is -0.0519. The zero-order valence-electron chi connectivity index (χ0n) is 13.4.